The Balaban J connectivity index is 2.81. The third kappa shape index (κ3) is 4.24. The van der Waals surface area contributed by atoms with Crippen LogP contribution >= 0.6 is 15.9 Å². The smallest absolute Gasteiger partial charge is 0.152 e. The molecule has 0 aliphatic rings. The Morgan fingerprint density at radius 2 is 1.78 bits per heavy atom. The third-order valence-corrected chi connectivity index (χ3v) is 3.80. The first-order valence-corrected chi connectivity index (χ1v) is 7.53. The second-order valence-electron chi connectivity index (χ2n) is 5.80. The van der Waals surface area contributed by atoms with Gasteiger partial charge in [-0.2, -0.15) is 0 Å². The van der Waals surface area contributed by atoms with Gasteiger partial charge in [-0.05, 0) is 24.0 Å². The molecule has 0 aromatic heterocycles. The summed E-state index contributed by atoms with van der Waals surface area (Å²) >= 11 is 3.55. The SMILES string of the molecule is CCCc1ccccc1CC(Br)C(=O)C(C)(C)C. The number of ketones is 1. The number of carbonyl (C=O) groups is 1. The highest BCUT2D eigenvalue weighted by Crippen LogP contribution is 2.24. The van der Waals surface area contributed by atoms with E-state index in [9.17, 15) is 4.79 Å². The molecule has 0 fully saturated rings. The van der Waals surface area contributed by atoms with Crippen molar-refractivity contribution in [1.29, 1.82) is 0 Å². The molecular weight excluding hydrogens is 288 g/mol. The zero-order valence-electron chi connectivity index (χ0n) is 11.8. The molecule has 100 valence electrons. The normalized spacial score (nSPS) is 13.4. The lowest BCUT2D eigenvalue weighted by Gasteiger charge is -2.21. The Labute approximate surface area is 119 Å². The Kier molecular flexibility index (Phi) is 5.58. The molecule has 1 nitrogen and oxygen atoms in total. The van der Waals surface area contributed by atoms with Crippen molar-refractivity contribution >= 4 is 21.7 Å². The molecule has 1 rings (SSSR count). The first-order valence-electron chi connectivity index (χ1n) is 6.61. The zero-order chi connectivity index (χ0) is 13.8. The van der Waals surface area contributed by atoms with E-state index >= 15 is 0 Å². The second kappa shape index (κ2) is 6.51. The summed E-state index contributed by atoms with van der Waals surface area (Å²) in [6, 6.07) is 8.43. The summed E-state index contributed by atoms with van der Waals surface area (Å²) in [5.74, 6) is 0.272. The van der Waals surface area contributed by atoms with Crippen LogP contribution in [0.1, 0.15) is 45.2 Å². The van der Waals surface area contributed by atoms with Crippen LogP contribution < -0.4 is 0 Å². The summed E-state index contributed by atoms with van der Waals surface area (Å²) in [5, 5.41) is 0. The second-order valence-corrected chi connectivity index (χ2v) is 6.91. The molecule has 0 saturated heterocycles. The maximum absolute atomic E-state index is 12.2. The predicted octanol–water partition coefficient (Wildman–Crippen LogP) is 4.56. The van der Waals surface area contributed by atoms with Crippen molar-refractivity contribution in [3.8, 4) is 0 Å². The van der Waals surface area contributed by atoms with Gasteiger partial charge in [0.1, 0.15) is 0 Å². The van der Waals surface area contributed by atoms with Gasteiger partial charge in [0, 0.05) is 5.41 Å². The van der Waals surface area contributed by atoms with E-state index in [-0.39, 0.29) is 16.0 Å². The number of carbonyl (C=O) groups excluding carboxylic acids is 1. The molecule has 0 aliphatic heterocycles. The van der Waals surface area contributed by atoms with E-state index in [1.807, 2.05) is 20.8 Å². The first-order chi connectivity index (χ1) is 8.36. The molecule has 0 saturated carbocycles. The summed E-state index contributed by atoms with van der Waals surface area (Å²) in [6.07, 6.45) is 3.00. The highest BCUT2D eigenvalue weighted by molar-refractivity contribution is 9.10. The van der Waals surface area contributed by atoms with Crippen LogP contribution in [-0.2, 0) is 17.6 Å². The van der Waals surface area contributed by atoms with Crippen molar-refractivity contribution in [2.75, 3.05) is 0 Å². The van der Waals surface area contributed by atoms with Crippen LogP contribution in [0.2, 0.25) is 0 Å². The molecule has 0 spiro atoms. The molecule has 0 radical (unpaired) electrons. The van der Waals surface area contributed by atoms with Crippen LogP contribution in [0.15, 0.2) is 24.3 Å². The van der Waals surface area contributed by atoms with E-state index in [0.29, 0.717) is 0 Å². The lowest BCUT2D eigenvalue weighted by atomic mass is 9.86. The van der Waals surface area contributed by atoms with Gasteiger partial charge in [-0.25, -0.2) is 0 Å². The molecule has 0 heterocycles. The Morgan fingerprint density at radius 1 is 1.22 bits per heavy atom. The number of benzene rings is 1. The van der Waals surface area contributed by atoms with Gasteiger partial charge in [0.25, 0.3) is 0 Å². The minimum Gasteiger partial charge on any atom is -0.298 e. The van der Waals surface area contributed by atoms with Crippen LogP contribution in [0.25, 0.3) is 0 Å². The monoisotopic (exact) mass is 310 g/mol. The highest BCUT2D eigenvalue weighted by Gasteiger charge is 2.28. The standard InChI is InChI=1S/C16H23BrO/c1-5-8-12-9-6-7-10-13(12)11-14(17)15(18)16(2,3)4/h6-7,9-10,14H,5,8,11H2,1-4H3. The van der Waals surface area contributed by atoms with Gasteiger partial charge in [-0.15, -0.1) is 0 Å². The topological polar surface area (TPSA) is 17.1 Å². The van der Waals surface area contributed by atoms with Gasteiger partial charge in [-0.1, -0.05) is 74.3 Å². The Morgan fingerprint density at radius 3 is 2.28 bits per heavy atom. The minimum absolute atomic E-state index is 0.0875. The summed E-state index contributed by atoms with van der Waals surface area (Å²) in [4.78, 5) is 12.1. The predicted molar refractivity (Wildman–Crippen MR) is 81.3 cm³/mol. The molecule has 1 atom stereocenters. The summed E-state index contributed by atoms with van der Waals surface area (Å²) in [5.41, 5.74) is 2.37. The van der Waals surface area contributed by atoms with E-state index in [4.69, 9.17) is 0 Å². The van der Waals surface area contributed by atoms with Gasteiger partial charge in [0.05, 0.1) is 4.83 Å². The first kappa shape index (κ1) is 15.4. The number of aryl methyl sites for hydroxylation is 1. The molecule has 2 heteroatoms. The van der Waals surface area contributed by atoms with E-state index < -0.39 is 0 Å². The van der Waals surface area contributed by atoms with Crippen LogP contribution in [-0.4, -0.2) is 10.6 Å². The number of halogens is 1. The molecule has 0 bridgehead atoms. The molecule has 1 unspecified atom stereocenters. The molecule has 1 aromatic rings. The van der Waals surface area contributed by atoms with E-state index in [2.05, 4.69) is 47.1 Å². The Hall–Kier alpha value is -0.630. The number of hydrogen-bond acceptors (Lipinski definition) is 1. The van der Waals surface area contributed by atoms with Gasteiger partial charge in [-0.3, -0.25) is 4.79 Å². The van der Waals surface area contributed by atoms with Gasteiger partial charge >= 0.3 is 0 Å². The molecule has 1 aromatic carbocycles. The van der Waals surface area contributed by atoms with Gasteiger partial charge in [0.15, 0.2) is 5.78 Å². The number of alkyl halides is 1. The van der Waals surface area contributed by atoms with Gasteiger partial charge < -0.3 is 0 Å². The maximum atomic E-state index is 12.2. The Bertz CT molecular complexity index is 404. The summed E-state index contributed by atoms with van der Waals surface area (Å²) in [7, 11) is 0. The molecular formula is C16H23BrO. The summed E-state index contributed by atoms with van der Waals surface area (Å²) < 4.78 is 0. The zero-order valence-corrected chi connectivity index (χ0v) is 13.4. The fourth-order valence-electron chi connectivity index (χ4n) is 2.03. The number of Topliss-reactive ketones (excluding diaryl/α,β-unsaturated/α-hetero) is 1. The van der Waals surface area contributed by atoms with Crippen molar-refractivity contribution in [3.05, 3.63) is 35.4 Å². The lowest BCUT2D eigenvalue weighted by molar-refractivity contribution is -0.125. The largest absolute Gasteiger partial charge is 0.298 e. The molecule has 0 N–H and O–H groups in total. The fourth-order valence-corrected chi connectivity index (χ4v) is 3.06. The number of hydrogen-bond donors (Lipinski definition) is 0. The van der Waals surface area contributed by atoms with Crippen molar-refractivity contribution in [3.63, 3.8) is 0 Å². The van der Waals surface area contributed by atoms with Crippen molar-refractivity contribution in [1.82, 2.24) is 0 Å². The van der Waals surface area contributed by atoms with Crippen LogP contribution in [0.3, 0.4) is 0 Å². The minimum atomic E-state index is -0.284. The van der Waals surface area contributed by atoms with Crippen LogP contribution in [0.5, 0.6) is 0 Å². The quantitative estimate of drug-likeness (QED) is 0.729. The summed E-state index contributed by atoms with van der Waals surface area (Å²) in [6.45, 7) is 8.10. The molecule has 0 amide bonds. The average Bonchev–Trinajstić information content (AvgIpc) is 2.29. The van der Waals surface area contributed by atoms with Crippen molar-refractivity contribution in [2.24, 2.45) is 5.41 Å². The average molecular weight is 311 g/mol. The molecule has 0 aliphatic carbocycles. The van der Waals surface area contributed by atoms with Crippen LogP contribution in [0.4, 0.5) is 0 Å². The van der Waals surface area contributed by atoms with Crippen LogP contribution in [0, 0.1) is 5.41 Å². The molecule has 18 heavy (non-hydrogen) atoms. The van der Waals surface area contributed by atoms with Crippen molar-refractivity contribution in [2.45, 2.75) is 51.8 Å². The third-order valence-electron chi connectivity index (χ3n) is 3.06. The van der Waals surface area contributed by atoms with Gasteiger partial charge in [0.2, 0.25) is 0 Å². The van der Waals surface area contributed by atoms with Crippen molar-refractivity contribution < 1.29 is 4.79 Å². The number of rotatable bonds is 5. The van der Waals surface area contributed by atoms with E-state index in [1.54, 1.807) is 0 Å². The lowest BCUT2D eigenvalue weighted by Crippen LogP contribution is -2.30. The maximum Gasteiger partial charge on any atom is 0.152 e. The van der Waals surface area contributed by atoms with E-state index in [0.717, 1.165) is 19.3 Å². The highest BCUT2D eigenvalue weighted by atomic mass is 79.9. The fraction of sp³-hybridized carbons (Fsp3) is 0.562. The van der Waals surface area contributed by atoms with E-state index in [1.165, 1.54) is 11.1 Å².